The second-order valence-electron chi connectivity index (χ2n) is 4.51. The van der Waals surface area contributed by atoms with Crippen molar-refractivity contribution in [1.29, 1.82) is 5.26 Å². The molecule has 5 nitrogen and oxygen atoms in total. The topological polar surface area (TPSA) is 64.4 Å². The van der Waals surface area contributed by atoms with Crippen molar-refractivity contribution in [2.24, 2.45) is 5.92 Å². The van der Waals surface area contributed by atoms with E-state index in [1.807, 2.05) is 13.0 Å². The Labute approximate surface area is 104 Å². The number of nitriles is 1. The molecule has 0 aromatic heterocycles. The molecule has 0 spiro atoms. The van der Waals surface area contributed by atoms with E-state index in [0.29, 0.717) is 32.1 Å². The molecule has 0 aromatic rings. The van der Waals surface area contributed by atoms with Crippen molar-refractivity contribution in [2.45, 2.75) is 33.1 Å². The van der Waals surface area contributed by atoms with Crippen molar-refractivity contribution >= 4 is 10.2 Å². The molecule has 1 heterocycles. The van der Waals surface area contributed by atoms with Gasteiger partial charge in [0.2, 0.25) is 0 Å². The van der Waals surface area contributed by atoms with Crippen LogP contribution in [0.3, 0.4) is 0 Å². The maximum Gasteiger partial charge on any atom is 0.282 e. The molecule has 0 unspecified atom stereocenters. The summed E-state index contributed by atoms with van der Waals surface area (Å²) in [4.78, 5) is 0. The number of nitrogens with zero attached hydrogens (tertiary/aromatic N) is 3. The lowest BCUT2D eigenvalue weighted by Crippen LogP contribution is -2.47. The molecule has 0 saturated carbocycles. The Bertz CT molecular complexity index is 375. The molecule has 0 aliphatic carbocycles. The highest BCUT2D eigenvalue weighted by molar-refractivity contribution is 7.86. The van der Waals surface area contributed by atoms with E-state index in [1.165, 1.54) is 4.31 Å². The minimum absolute atomic E-state index is 0.246. The Balaban J connectivity index is 2.73. The molecule has 0 aromatic carbocycles. The fourth-order valence-corrected chi connectivity index (χ4v) is 3.91. The minimum atomic E-state index is -3.36. The Kier molecular flexibility index (Phi) is 5.37. The first-order valence-electron chi connectivity index (χ1n) is 6.14. The second-order valence-corrected chi connectivity index (χ2v) is 6.44. The van der Waals surface area contributed by atoms with Crippen LogP contribution in [-0.4, -0.2) is 43.2 Å². The zero-order valence-corrected chi connectivity index (χ0v) is 11.4. The Morgan fingerprint density at radius 1 is 1.53 bits per heavy atom. The summed E-state index contributed by atoms with van der Waals surface area (Å²) < 4.78 is 27.6. The summed E-state index contributed by atoms with van der Waals surface area (Å²) in [6.45, 7) is 5.81. The van der Waals surface area contributed by atoms with Gasteiger partial charge >= 0.3 is 0 Å². The van der Waals surface area contributed by atoms with E-state index in [4.69, 9.17) is 5.26 Å². The lowest BCUT2D eigenvalue weighted by molar-refractivity contribution is 0.259. The van der Waals surface area contributed by atoms with E-state index >= 15 is 0 Å². The number of hydrogen-bond acceptors (Lipinski definition) is 3. The van der Waals surface area contributed by atoms with Gasteiger partial charge in [0.25, 0.3) is 10.2 Å². The normalized spacial score (nSPS) is 22.6. The SMILES string of the molecule is CCN(CCC#N)S(=O)(=O)N1CCC[C@@H](C)C1. The van der Waals surface area contributed by atoms with Crippen LogP contribution in [0.1, 0.15) is 33.1 Å². The molecule has 0 amide bonds. The van der Waals surface area contributed by atoms with E-state index in [9.17, 15) is 8.42 Å². The number of piperidine rings is 1. The van der Waals surface area contributed by atoms with Crippen LogP contribution in [0.25, 0.3) is 0 Å². The van der Waals surface area contributed by atoms with E-state index < -0.39 is 10.2 Å². The summed E-state index contributed by atoms with van der Waals surface area (Å²) in [5.41, 5.74) is 0. The van der Waals surface area contributed by atoms with Crippen LogP contribution < -0.4 is 0 Å². The first-order valence-corrected chi connectivity index (χ1v) is 7.54. The fraction of sp³-hybridized carbons (Fsp3) is 0.909. The van der Waals surface area contributed by atoms with Crippen molar-refractivity contribution < 1.29 is 8.42 Å². The largest absolute Gasteiger partial charge is 0.282 e. The molecular formula is C11H21N3O2S. The molecule has 1 fully saturated rings. The van der Waals surface area contributed by atoms with Crippen LogP contribution >= 0.6 is 0 Å². The molecule has 98 valence electrons. The molecule has 1 aliphatic rings. The Hall–Kier alpha value is -0.640. The van der Waals surface area contributed by atoms with Crippen molar-refractivity contribution in [2.75, 3.05) is 26.2 Å². The first-order chi connectivity index (χ1) is 8.02. The molecule has 1 rings (SSSR count). The minimum Gasteiger partial charge on any atom is -0.198 e. The second kappa shape index (κ2) is 6.34. The van der Waals surface area contributed by atoms with Crippen molar-refractivity contribution in [3.63, 3.8) is 0 Å². The van der Waals surface area contributed by atoms with Gasteiger partial charge in [-0.3, -0.25) is 0 Å². The van der Waals surface area contributed by atoms with Gasteiger partial charge in [0.15, 0.2) is 0 Å². The summed E-state index contributed by atoms with van der Waals surface area (Å²) in [7, 11) is -3.36. The average molecular weight is 259 g/mol. The molecular weight excluding hydrogens is 238 g/mol. The zero-order valence-electron chi connectivity index (χ0n) is 10.6. The van der Waals surface area contributed by atoms with Crippen molar-refractivity contribution in [1.82, 2.24) is 8.61 Å². The third-order valence-electron chi connectivity index (χ3n) is 3.10. The average Bonchev–Trinajstić information content (AvgIpc) is 2.30. The zero-order chi connectivity index (χ0) is 12.9. The highest BCUT2D eigenvalue weighted by Crippen LogP contribution is 2.20. The first kappa shape index (κ1) is 14.4. The predicted octanol–water partition coefficient (Wildman–Crippen LogP) is 1.20. The molecule has 17 heavy (non-hydrogen) atoms. The van der Waals surface area contributed by atoms with Crippen molar-refractivity contribution in [3.05, 3.63) is 0 Å². The quantitative estimate of drug-likeness (QED) is 0.745. The summed E-state index contributed by atoms with van der Waals surface area (Å²) in [6, 6.07) is 1.99. The van der Waals surface area contributed by atoms with E-state index in [0.717, 1.165) is 12.8 Å². The van der Waals surface area contributed by atoms with Crippen LogP contribution in [-0.2, 0) is 10.2 Å². The van der Waals surface area contributed by atoms with Gasteiger partial charge in [0.05, 0.1) is 6.07 Å². The maximum atomic E-state index is 12.3. The van der Waals surface area contributed by atoms with E-state index in [2.05, 4.69) is 6.92 Å². The number of rotatable bonds is 5. The molecule has 1 aliphatic heterocycles. The van der Waals surface area contributed by atoms with Gasteiger partial charge in [-0.2, -0.15) is 22.3 Å². The van der Waals surface area contributed by atoms with E-state index in [1.54, 1.807) is 4.31 Å². The molecule has 6 heteroatoms. The van der Waals surface area contributed by atoms with Gasteiger partial charge in [0, 0.05) is 32.6 Å². The molecule has 0 N–H and O–H groups in total. The summed E-state index contributed by atoms with van der Waals surface area (Å²) in [6.07, 6.45) is 2.27. The summed E-state index contributed by atoms with van der Waals surface area (Å²) in [5, 5.41) is 8.54. The molecule has 0 bridgehead atoms. The molecule has 0 radical (unpaired) electrons. The van der Waals surface area contributed by atoms with Crippen LogP contribution in [0.4, 0.5) is 0 Å². The van der Waals surface area contributed by atoms with Gasteiger partial charge in [-0.25, -0.2) is 0 Å². The van der Waals surface area contributed by atoms with Gasteiger partial charge < -0.3 is 0 Å². The van der Waals surface area contributed by atoms with E-state index in [-0.39, 0.29) is 6.42 Å². The fourth-order valence-electron chi connectivity index (χ4n) is 2.13. The number of hydrogen-bond donors (Lipinski definition) is 0. The lowest BCUT2D eigenvalue weighted by atomic mass is 10.0. The van der Waals surface area contributed by atoms with Gasteiger partial charge in [-0.05, 0) is 18.8 Å². The smallest absolute Gasteiger partial charge is 0.198 e. The van der Waals surface area contributed by atoms with Gasteiger partial charge in [-0.1, -0.05) is 13.8 Å². The third-order valence-corrected chi connectivity index (χ3v) is 5.18. The third kappa shape index (κ3) is 3.66. The van der Waals surface area contributed by atoms with Crippen LogP contribution in [0.2, 0.25) is 0 Å². The van der Waals surface area contributed by atoms with Crippen LogP contribution in [0.15, 0.2) is 0 Å². The van der Waals surface area contributed by atoms with Crippen LogP contribution in [0, 0.1) is 17.2 Å². The maximum absolute atomic E-state index is 12.3. The highest BCUT2D eigenvalue weighted by atomic mass is 32.2. The molecule has 1 saturated heterocycles. The predicted molar refractivity (Wildman–Crippen MR) is 66.4 cm³/mol. The van der Waals surface area contributed by atoms with Crippen LogP contribution in [0.5, 0.6) is 0 Å². The summed E-state index contributed by atoms with van der Waals surface area (Å²) in [5.74, 6) is 0.424. The Morgan fingerprint density at radius 2 is 2.24 bits per heavy atom. The van der Waals surface area contributed by atoms with Gasteiger partial charge in [-0.15, -0.1) is 0 Å². The summed E-state index contributed by atoms with van der Waals surface area (Å²) >= 11 is 0. The van der Waals surface area contributed by atoms with Crippen molar-refractivity contribution in [3.8, 4) is 6.07 Å². The highest BCUT2D eigenvalue weighted by Gasteiger charge is 2.31. The standard InChI is InChI=1S/C11H21N3O2S/c1-3-13(9-5-7-12)17(15,16)14-8-4-6-11(2)10-14/h11H,3-6,8-10H2,1-2H3/t11-/m1/s1. The monoisotopic (exact) mass is 259 g/mol. The lowest BCUT2D eigenvalue weighted by Gasteiger charge is -2.33. The molecule has 1 atom stereocenters. The Morgan fingerprint density at radius 3 is 2.76 bits per heavy atom. The van der Waals surface area contributed by atoms with Gasteiger partial charge in [0.1, 0.15) is 0 Å².